The molecular formula is C19H20F2N2O2S. The first-order valence-corrected chi connectivity index (χ1v) is 9.18. The molecule has 26 heavy (non-hydrogen) atoms. The summed E-state index contributed by atoms with van der Waals surface area (Å²) in [7, 11) is 1.64. The number of thioether (sulfide) groups is 1. The van der Waals surface area contributed by atoms with Crippen LogP contribution in [0.5, 0.6) is 5.75 Å². The zero-order chi connectivity index (χ0) is 18.5. The molecule has 1 aliphatic rings. The average molecular weight is 378 g/mol. The van der Waals surface area contributed by atoms with Crippen LogP contribution in [0, 0.1) is 0 Å². The van der Waals surface area contributed by atoms with Crippen LogP contribution in [0.4, 0.5) is 14.5 Å². The van der Waals surface area contributed by atoms with Crippen molar-refractivity contribution in [1.29, 1.82) is 0 Å². The lowest BCUT2D eigenvalue weighted by Gasteiger charge is -2.36. The highest BCUT2D eigenvalue weighted by Crippen LogP contribution is 2.26. The Balaban J connectivity index is 1.57. The molecule has 2 aromatic carbocycles. The maximum Gasteiger partial charge on any atom is 0.288 e. The Labute approximate surface area is 155 Å². The van der Waals surface area contributed by atoms with Gasteiger partial charge in [-0.25, -0.2) is 0 Å². The number of carbonyl (C=O) groups is 1. The second-order valence-corrected chi connectivity index (χ2v) is 6.94. The number of rotatable bonds is 5. The summed E-state index contributed by atoms with van der Waals surface area (Å²) in [6.07, 6.45) is 0. The van der Waals surface area contributed by atoms with Crippen LogP contribution in [0.25, 0.3) is 0 Å². The molecule has 0 saturated carbocycles. The molecule has 1 fully saturated rings. The van der Waals surface area contributed by atoms with Gasteiger partial charge in [-0.05, 0) is 48.5 Å². The Morgan fingerprint density at radius 3 is 2.15 bits per heavy atom. The smallest absolute Gasteiger partial charge is 0.288 e. The molecule has 4 nitrogen and oxygen atoms in total. The van der Waals surface area contributed by atoms with Gasteiger partial charge in [0.05, 0.1) is 7.11 Å². The molecule has 7 heteroatoms. The fraction of sp³-hybridized carbons (Fsp3) is 0.316. The van der Waals surface area contributed by atoms with E-state index in [-0.39, 0.29) is 5.91 Å². The number of methoxy groups -OCH3 is 1. The monoisotopic (exact) mass is 378 g/mol. The van der Waals surface area contributed by atoms with E-state index in [4.69, 9.17) is 4.74 Å². The number of hydrogen-bond donors (Lipinski definition) is 0. The van der Waals surface area contributed by atoms with Gasteiger partial charge in [0.25, 0.3) is 11.7 Å². The summed E-state index contributed by atoms with van der Waals surface area (Å²) >= 11 is 0.481. The highest BCUT2D eigenvalue weighted by atomic mass is 32.2. The summed E-state index contributed by atoms with van der Waals surface area (Å²) in [6, 6.07) is 14.2. The predicted octanol–water partition coefficient (Wildman–Crippen LogP) is 3.97. The second kappa shape index (κ2) is 8.40. The minimum absolute atomic E-state index is 0.0621. The number of halogens is 2. The Morgan fingerprint density at radius 2 is 1.62 bits per heavy atom. The molecule has 0 aliphatic carbocycles. The van der Waals surface area contributed by atoms with Crippen molar-refractivity contribution in [1.82, 2.24) is 4.90 Å². The Kier molecular flexibility index (Phi) is 5.98. The highest BCUT2D eigenvalue weighted by Gasteiger charge is 2.22. The third-order valence-corrected chi connectivity index (χ3v) is 5.05. The van der Waals surface area contributed by atoms with Crippen LogP contribution in [0.2, 0.25) is 0 Å². The van der Waals surface area contributed by atoms with Crippen molar-refractivity contribution in [2.75, 3.05) is 38.2 Å². The van der Waals surface area contributed by atoms with E-state index in [1.165, 1.54) is 0 Å². The van der Waals surface area contributed by atoms with E-state index < -0.39 is 5.76 Å². The van der Waals surface area contributed by atoms with E-state index in [1.54, 1.807) is 36.3 Å². The average Bonchev–Trinajstić information content (AvgIpc) is 2.68. The minimum Gasteiger partial charge on any atom is -0.497 e. The zero-order valence-corrected chi connectivity index (χ0v) is 15.2. The van der Waals surface area contributed by atoms with Crippen molar-refractivity contribution in [3.8, 4) is 5.75 Å². The number of benzene rings is 2. The number of piperazine rings is 1. The van der Waals surface area contributed by atoms with Crippen LogP contribution in [-0.4, -0.2) is 49.9 Å². The van der Waals surface area contributed by atoms with Gasteiger partial charge in [-0.1, -0.05) is 11.8 Å². The number of alkyl halides is 2. The molecule has 0 bridgehead atoms. The lowest BCUT2D eigenvalue weighted by atomic mass is 10.1. The maximum absolute atomic E-state index is 12.6. The maximum atomic E-state index is 12.6. The Morgan fingerprint density at radius 1 is 1.00 bits per heavy atom. The van der Waals surface area contributed by atoms with E-state index in [0.717, 1.165) is 24.5 Å². The molecule has 0 N–H and O–H groups in total. The van der Waals surface area contributed by atoms with Crippen molar-refractivity contribution in [3.05, 3.63) is 54.1 Å². The van der Waals surface area contributed by atoms with Gasteiger partial charge in [0.2, 0.25) is 0 Å². The van der Waals surface area contributed by atoms with Crippen LogP contribution in [0.3, 0.4) is 0 Å². The lowest BCUT2D eigenvalue weighted by Crippen LogP contribution is -2.48. The largest absolute Gasteiger partial charge is 0.497 e. The predicted molar refractivity (Wildman–Crippen MR) is 99.4 cm³/mol. The topological polar surface area (TPSA) is 32.8 Å². The van der Waals surface area contributed by atoms with E-state index in [1.807, 2.05) is 24.3 Å². The molecule has 0 radical (unpaired) electrons. The summed E-state index contributed by atoms with van der Waals surface area (Å²) in [5, 5.41) is 0. The minimum atomic E-state index is -2.46. The molecule has 0 spiro atoms. The molecule has 0 aromatic heterocycles. The van der Waals surface area contributed by atoms with Gasteiger partial charge in [0, 0.05) is 42.3 Å². The lowest BCUT2D eigenvalue weighted by molar-refractivity contribution is 0.0746. The van der Waals surface area contributed by atoms with Gasteiger partial charge in [0.15, 0.2) is 0 Å². The number of nitrogens with zero attached hydrogens (tertiary/aromatic N) is 2. The second-order valence-electron chi connectivity index (χ2n) is 5.88. The molecule has 0 atom stereocenters. The van der Waals surface area contributed by atoms with Gasteiger partial charge in [-0.3, -0.25) is 4.79 Å². The van der Waals surface area contributed by atoms with E-state index in [0.29, 0.717) is 35.3 Å². The molecule has 1 saturated heterocycles. The van der Waals surface area contributed by atoms with Crippen molar-refractivity contribution >= 4 is 23.4 Å². The van der Waals surface area contributed by atoms with E-state index >= 15 is 0 Å². The number of amides is 1. The third-order valence-electron chi connectivity index (χ3n) is 4.33. The van der Waals surface area contributed by atoms with Gasteiger partial charge < -0.3 is 14.5 Å². The van der Waals surface area contributed by atoms with Crippen molar-refractivity contribution in [3.63, 3.8) is 0 Å². The molecule has 1 aliphatic heterocycles. The van der Waals surface area contributed by atoms with Gasteiger partial charge in [-0.2, -0.15) is 8.78 Å². The Bertz CT molecular complexity index is 730. The third kappa shape index (κ3) is 4.46. The van der Waals surface area contributed by atoms with Gasteiger partial charge in [-0.15, -0.1) is 0 Å². The number of carbonyl (C=O) groups excluding carboxylic acids is 1. The number of hydrogen-bond acceptors (Lipinski definition) is 4. The van der Waals surface area contributed by atoms with Crippen LogP contribution in [-0.2, 0) is 0 Å². The molecule has 0 unspecified atom stereocenters. The number of ether oxygens (including phenoxy) is 1. The highest BCUT2D eigenvalue weighted by molar-refractivity contribution is 7.99. The molecule has 138 valence electrons. The molecular weight excluding hydrogens is 358 g/mol. The van der Waals surface area contributed by atoms with Gasteiger partial charge >= 0.3 is 0 Å². The standard InChI is InChI=1S/C19H20F2N2O2S/c1-25-16-6-4-15(5-7-16)22-10-12-23(13-11-22)18(24)14-2-8-17(9-3-14)26-19(20)21/h2-9,19H,10-13H2,1H3. The molecule has 1 heterocycles. The van der Waals surface area contributed by atoms with Crippen LogP contribution >= 0.6 is 11.8 Å². The van der Waals surface area contributed by atoms with Crippen molar-refractivity contribution < 1.29 is 18.3 Å². The summed E-state index contributed by atoms with van der Waals surface area (Å²) in [6.45, 7) is 2.74. The first-order valence-electron chi connectivity index (χ1n) is 8.30. The summed E-state index contributed by atoms with van der Waals surface area (Å²) in [5.41, 5.74) is 1.63. The quantitative estimate of drug-likeness (QED) is 0.737. The summed E-state index contributed by atoms with van der Waals surface area (Å²) in [4.78, 5) is 17.1. The fourth-order valence-electron chi connectivity index (χ4n) is 2.92. The van der Waals surface area contributed by atoms with Crippen LogP contribution in [0.1, 0.15) is 10.4 Å². The summed E-state index contributed by atoms with van der Waals surface area (Å²) < 4.78 is 29.9. The van der Waals surface area contributed by atoms with Crippen molar-refractivity contribution in [2.24, 2.45) is 0 Å². The van der Waals surface area contributed by atoms with E-state index in [9.17, 15) is 13.6 Å². The Hall–Kier alpha value is -2.28. The zero-order valence-electron chi connectivity index (χ0n) is 14.4. The number of anilines is 1. The molecule has 1 amide bonds. The molecule has 3 rings (SSSR count). The normalized spacial score (nSPS) is 14.6. The van der Waals surface area contributed by atoms with E-state index in [2.05, 4.69) is 4.90 Å². The molecule has 2 aromatic rings. The van der Waals surface area contributed by atoms with Crippen LogP contribution in [0.15, 0.2) is 53.4 Å². The van der Waals surface area contributed by atoms with Crippen molar-refractivity contribution in [2.45, 2.75) is 10.7 Å². The first-order chi connectivity index (χ1) is 12.6. The van der Waals surface area contributed by atoms with Gasteiger partial charge in [0.1, 0.15) is 5.75 Å². The first kappa shape index (κ1) is 18.5. The van der Waals surface area contributed by atoms with Crippen LogP contribution < -0.4 is 9.64 Å². The summed E-state index contributed by atoms with van der Waals surface area (Å²) in [5.74, 6) is -1.70. The SMILES string of the molecule is COc1ccc(N2CCN(C(=O)c3ccc(SC(F)F)cc3)CC2)cc1. The fourth-order valence-corrected chi connectivity index (χ4v) is 3.42.